The molecule has 0 aliphatic heterocycles. The Labute approximate surface area is 144 Å². The summed E-state index contributed by atoms with van der Waals surface area (Å²) >= 11 is 1.64. The fraction of sp³-hybridized carbons (Fsp3) is 0.235. The van der Waals surface area contributed by atoms with Gasteiger partial charge in [0.1, 0.15) is 12.7 Å². The van der Waals surface area contributed by atoms with E-state index in [1.807, 2.05) is 48.7 Å². The highest BCUT2D eigenvalue weighted by atomic mass is 32.1. The van der Waals surface area contributed by atoms with Gasteiger partial charge >= 0.3 is 6.03 Å². The summed E-state index contributed by atoms with van der Waals surface area (Å²) in [7, 11) is 1.81. The second kappa shape index (κ2) is 7.27. The quantitative estimate of drug-likeness (QED) is 0.775. The van der Waals surface area contributed by atoms with Crippen molar-refractivity contribution in [2.75, 3.05) is 7.05 Å². The van der Waals surface area contributed by atoms with E-state index in [0.29, 0.717) is 6.54 Å². The summed E-state index contributed by atoms with van der Waals surface area (Å²) in [4.78, 5) is 19.1. The zero-order valence-corrected chi connectivity index (χ0v) is 14.4. The van der Waals surface area contributed by atoms with Gasteiger partial charge in [-0.25, -0.2) is 14.5 Å². The van der Waals surface area contributed by atoms with Crippen LogP contribution in [0.1, 0.15) is 23.4 Å². The normalized spacial score (nSPS) is 11.9. The minimum absolute atomic E-state index is 0.0295. The molecule has 0 spiro atoms. The highest BCUT2D eigenvalue weighted by Gasteiger charge is 2.17. The molecule has 124 valence electrons. The van der Waals surface area contributed by atoms with Crippen LogP contribution in [-0.2, 0) is 6.54 Å². The summed E-state index contributed by atoms with van der Waals surface area (Å²) in [5.74, 6) is 0. The maximum Gasteiger partial charge on any atom is 0.317 e. The summed E-state index contributed by atoms with van der Waals surface area (Å²) < 4.78 is 1.70. The molecule has 1 aromatic carbocycles. The second-order valence-electron chi connectivity index (χ2n) is 5.46. The van der Waals surface area contributed by atoms with E-state index in [4.69, 9.17) is 0 Å². The lowest BCUT2D eigenvalue weighted by atomic mass is 10.1. The number of carbonyl (C=O) groups excluding carboxylic acids is 1. The van der Waals surface area contributed by atoms with Crippen LogP contribution in [0.2, 0.25) is 0 Å². The van der Waals surface area contributed by atoms with Crippen molar-refractivity contribution in [2.45, 2.75) is 19.5 Å². The standard InChI is InChI=1S/C17H19N5OS/c1-13(21(2)17(23)19-10-16-4-3-9-24-16)14-5-7-15(8-6-14)22-12-18-11-20-22/h3-9,11-13H,10H2,1-2H3,(H,19,23)/t13-/m1/s1. The van der Waals surface area contributed by atoms with Crippen LogP contribution in [0.25, 0.3) is 5.69 Å². The molecule has 6 nitrogen and oxygen atoms in total. The second-order valence-corrected chi connectivity index (χ2v) is 6.49. The highest BCUT2D eigenvalue weighted by molar-refractivity contribution is 7.09. The number of aromatic nitrogens is 3. The highest BCUT2D eigenvalue weighted by Crippen LogP contribution is 2.20. The first-order valence-electron chi connectivity index (χ1n) is 7.63. The van der Waals surface area contributed by atoms with Crippen molar-refractivity contribution in [1.29, 1.82) is 0 Å². The summed E-state index contributed by atoms with van der Waals surface area (Å²) in [6, 6.07) is 11.8. The van der Waals surface area contributed by atoms with Crippen LogP contribution in [0.15, 0.2) is 54.4 Å². The lowest BCUT2D eigenvalue weighted by molar-refractivity contribution is 0.194. The van der Waals surface area contributed by atoms with Gasteiger partial charge in [0.15, 0.2) is 0 Å². The van der Waals surface area contributed by atoms with E-state index in [0.717, 1.165) is 16.1 Å². The van der Waals surface area contributed by atoms with Crippen molar-refractivity contribution in [2.24, 2.45) is 0 Å². The maximum absolute atomic E-state index is 12.3. The molecule has 1 atom stereocenters. The first kappa shape index (κ1) is 16.2. The number of benzene rings is 1. The lowest BCUT2D eigenvalue weighted by Crippen LogP contribution is -2.38. The lowest BCUT2D eigenvalue weighted by Gasteiger charge is -2.25. The topological polar surface area (TPSA) is 63.1 Å². The molecule has 0 saturated heterocycles. The van der Waals surface area contributed by atoms with Crippen LogP contribution < -0.4 is 5.32 Å². The fourth-order valence-corrected chi connectivity index (χ4v) is 2.99. The Morgan fingerprint density at radius 3 is 2.75 bits per heavy atom. The molecule has 2 amide bonds. The van der Waals surface area contributed by atoms with Gasteiger partial charge in [-0.3, -0.25) is 0 Å². The number of urea groups is 1. The molecule has 1 N–H and O–H groups in total. The van der Waals surface area contributed by atoms with Gasteiger partial charge in [0, 0.05) is 11.9 Å². The van der Waals surface area contributed by atoms with E-state index in [-0.39, 0.29) is 12.1 Å². The van der Waals surface area contributed by atoms with Gasteiger partial charge < -0.3 is 10.2 Å². The van der Waals surface area contributed by atoms with E-state index in [9.17, 15) is 4.79 Å². The first-order chi connectivity index (χ1) is 11.6. The summed E-state index contributed by atoms with van der Waals surface area (Å²) in [6.07, 6.45) is 3.16. The third-order valence-electron chi connectivity index (χ3n) is 3.95. The third kappa shape index (κ3) is 3.62. The molecule has 2 aromatic heterocycles. The Morgan fingerprint density at radius 2 is 2.12 bits per heavy atom. The summed E-state index contributed by atoms with van der Waals surface area (Å²) in [5.41, 5.74) is 2.00. The molecule has 0 unspecified atom stereocenters. The Morgan fingerprint density at radius 1 is 1.33 bits per heavy atom. The van der Waals surface area contributed by atoms with E-state index < -0.39 is 0 Å². The van der Waals surface area contributed by atoms with E-state index in [1.165, 1.54) is 6.33 Å². The van der Waals surface area contributed by atoms with Gasteiger partial charge in [-0.15, -0.1) is 11.3 Å². The molecule has 0 radical (unpaired) electrons. The van der Waals surface area contributed by atoms with Crippen LogP contribution in [0.3, 0.4) is 0 Å². The average Bonchev–Trinajstić information content (AvgIpc) is 3.32. The Kier molecular flexibility index (Phi) is 4.90. The van der Waals surface area contributed by atoms with Crippen molar-refractivity contribution in [1.82, 2.24) is 25.0 Å². The Bertz CT molecular complexity index is 768. The van der Waals surface area contributed by atoms with Crippen molar-refractivity contribution in [3.05, 3.63) is 64.9 Å². The van der Waals surface area contributed by atoms with Gasteiger partial charge in [-0.1, -0.05) is 18.2 Å². The molecule has 3 aromatic rings. The molecule has 0 saturated carbocycles. The third-order valence-corrected chi connectivity index (χ3v) is 4.83. The number of amides is 2. The molecular formula is C17H19N5OS. The van der Waals surface area contributed by atoms with Crippen LogP contribution in [0.4, 0.5) is 4.79 Å². The van der Waals surface area contributed by atoms with Crippen LogP contribution in [0, 0.1) is 0 Å². The van der Waals surface area contributed by atoms with Gasteiger partial charge in [-0.05, 0) is 36.1 Å². The van der Waals surface area contributed by atoms with Crippen LogP contribution in [-0.4, -0.2) is 32.7 Å². The molecule has 24 heavy (non-hydrogen) atoms. The van der Waals surface area contributed by atoms with Crippen molar-refractivity contribution in [3.8, 4) is 5.69 Å². The van der Waals surface area contributed by atoms with Crippen LogP contribution >= 0.6 is 11.3 Å². The molecule has 7 heteroatoms. The molecule has 3 rings (SSSR count). The monoisotopic (exact) mass is 341 g/mol. The summed E-state index contributed by atoms with van der Waals surface area (Å²) in [6.45, 7) is 2.56. The SMILES string of the molecule is C[C@H](c1ccc(-n2cncn2)cc1)N(C)C(=O)NCc1cccs1. The number of rotatable bonds is 5. The van der Waals surface area contributed by atoms with E-state index in [2.05, 4.69) is 15.4 Å². The van der Waals surface area contributed by atoms with Crippen molar-refractivity contribution >= 4 is 17.4 Å². The van der Waals surface area contributed by atoms with Crippen molar-refractivity contribution in [3.63, 3.8) is 0 Å². The molecule has 0 aliphatic rings. The number of hydrogen-bond acceptors (Lipinski definition) is 4. The minimum Gasteiger partial charge on any atom is -0.333 e. The summed E-state index contributed by atoms with van der Waals surface area (Å²) in [5, 5.41) is 9.05. The van der Waals surface area contributed by atoms with Gasteiger partial charge in [0.25, 0.3) is 0 Å². The molecule has 0 aliphatic carbocycles. The van der Waals surface area contributed by atoms with Gasteiger partial charge in [0.2, 0.25) is 0 Å². The Balaban J connectivity index is 1.62. The minimum atomic E-state index is -0.0868. The predicted octanol–water partition coefficient (Wildman–Crippen LogP) is 3.23. The fourth-order valence-electron chi connectivity index (χ4n) is 2.35. The van der Waals surface area contributed by atoms with E-state index in [1.54, 1.807) is 34.3 Å². The van der Waals surface area contributed by atoms with Crippen molar-refractivity contribution < 1.29 is 4.79 Å². The largest absolute Gasteiger partial charge is 0.333 e. The molecular weight excluding hydrogens is 322 g/mol. The van der Waals surface area contributed by atoms with Crippen LogP contribution in [0.5, 0.6) is 0 Å². The number of hydrogen-bond donors (Lipinski definition) is 1. The molecule has 2 heterocycles. The Hall–Kier alpha value is -2.67. The van der Waals surface area contributed by atoms with E-state index >= 15 is 0 Å². The zero-order valence-electron chi connectivity index (χ0n) is 13.6. The number of carbonyl (C=O) groups is 1. The first-order valence-corrected chi connectivity index (χ1v) is 8.51. The predicted molar refractivity (Wildman–Crippen MR) is 94.1 cm³/mol. The maximum atomic E-state index is 12.3. The number of nitrogens with zero attached hydrogens (tertiary/aromatic N) is 4. The number of thiophene rings is 1. The van der Waals surface area contributed by atoms with Gasteiger partial charge in [0.05, 0.1) is 18.3 Å². The average molecular weight is 341 g/mol. The molecule has 0 bridgehead atoms. The van der Waals surface area contributed by atoms with Gasteiger partial charge in [-0.2, -0.15) is 5.10 Å². The smallest absolute Gasteiger partial charge is 0.317 e. The molecule has 0 fully saturated rings. The number of nitrogens with one attached hydrogen (secondary N) is 1. The zero-order chi connectivity index (χ0) is 16.9.